The Balaban J connectivity index is 2.41. The van der Waals surface area contributed by atoms with Crippen LogP contribution in [-0.4, -0.2) is 0 Å². The predicted molar refractivity (Wildman–Crippen MR) is 75.9 cm³/mol. The normalized spacial score (nSPS) is 10.3. The zero-order chi connectivity index (χ0) is 12.4. The minimum absolute atomic E-state index is 0.334. The number of anilines is 3. The summed E-state index contributed by atoms with van der Waals surface area (Å²) in [5.74, 6) is -0.334. The lowest BCUT2D eigenvalue weighted by molar-refractivity contribution is 0.631. The van der Waals surface area contributed by atoms with Gasteiger partial charge in [0.1, 0.15) is 5.82 Å². The molecule has 0 unspecified atom stereocenters. The lowest BCUT2D eigenvalue weighted by atomic mass is 10.2. The minimum Gasteiger partial charge on any atom is -0.397 e. The van der Waals surface area contributed by atoms with Crippen LogP contribution >= 0.6 is 31.9 Å². The Bertz CT molecular complexity index is 538. The number of nitrogens with one attached hydrogen (secondary N) is 1. The van der Waals surface area contributed by atoms with Crippen LogP contribution in [0, 0.1) is 5.82 Å². The van der Waals surface area contributed by atoms with Crippen LogP contribution in [0.5, 0.6) is 0 Å². The number of benzene rings is 2. The van der Waals surface area contributed by atoms with Crippen LogP contribution in [0.15, 0.2) is 45.3 Å². The highest BCUT2D eigenvalue weighted by Gasteiger charge is 2.08. The van der Waals surface area contributed by atoms with Crippen molar-refractivity contribution in [3.05, 3.63) is 51.2 Å². The summed E-state index contributed by atoms with van der Waals surface area (Å²) in [6.45, 7) is 0. The summed E-state index contributed by atoms with van der Waals surface area (Å²) in [5.41, 5.74) is 7.41. The minimum atomic E-state index is -0.334. The van der Waals surface area contributed by atoms with Gasteiger partial charge in [-0.25, -0.2) is 4.39 Å². The van der Waals surface area contributed by atoms with Crippen LogP contribution < -0.4 is 11.1 Å². The summed E-state index contributed by atoms with van der Waals surface area (Å²) >= 11 is 6.64. The van der Waals surface area contributed by atoms with E-state index in [0.29, 0.717) is 21.5 Å². The fourth-order valence-electron chi connectivity index (χ4n) is 1.39. The molecule has 0 aliphatic heterocycles. The van der Waals surface area contributed by atoms with Crippen molar-refractivity contribution >= 4 is 48.9 Å². The summed E-state index contributed by atoms with van der Waals surface area (Å²) in [6.07, 6.45) is 0. The Labute approximate surface area is 115 Å². The van der Waals surface area contributed by atoms with Gasteiger partial charge in [-0.05, 0) is 46.3 Å². The summed E-state index contributed by atoms with van der Waals surface area (Å²) in [4.78, 5) is 0. The number of rotatable bonds is 2. The first kappa shape index (κ1) is 12.4. The first-order valence-electron chi connectivity index (χ1n) is 4.84. The molecule has 3 N–H and O–H groups in total. The highest BCUT2D eigenvalue weighted by molar-refractivity contribution is 9.10. The fourth-order valence-corrected chi connectivity index (χ4v) is 2.19. The molecule has 0 aliphatic carbocycles. The van der Waals surface area contributed by atoms with E-state index in [4.69, 9.17) is 5.73 Å². The zero-order valence-corrected chi connectivity index (χ0v) is 11.8. The Kier molecular flexibility index (Phi) is 3.69. The Hall–Kier alpha value is -1.07. The molecule has 2 nitrogen and oxygen atoms in total. The van der Waals surface area contributed by atoms with Crippen molar-refractivity contribution in [1.82, 2.24) is 0 Å². The molecule has 88 valence electrons. The lowest BCUT2D eigenvalue weighted by Crippen LogP contribution is -1.99. The number of hydrogen-bond acceptors (Lipinski definition) is 2. The molecule has 0 amide bonds. The van der Waals surface area contributed by atoms with Gasteiger partial charge in [-0.15, -0.1) is 0 Å². The molecule has 2 aromatic rings. The van der Waals surface area contributed by atoms with Gasteiger partial charge in [-0.3, -0.25) is 0 Å². The average molecular weight is 360 g/mol. The van der Waals surface area contributed by atoms with Gasteiger partial charge in [0.2, 0.25) is 0 Å². The molecule has 0 atom stereocenters. The predicted octanol–water partition coefficient (Wildman–Crippen LogP) is 4.68. The van der Waals surface area contributed by atoms with Crippen LogP contribution in [0.4, 0.5) is 21.5 Å². The molecule has 0 saturated carbocycles. The van der Waals surface area contributed by atoms with Crippen molar-refractivity contribution in [1.29, 1.82) is 0 Å². The fraction of sp³-hybridized carbons (Fsp3) is 0. The van der Waals surface area contributed by atoms with Crippen molar-refractivity contribution in [2.24, 2.45) is 0 Å². The van der Waals surface area contributed by atoms with E-state index in [1.807, 2.05) is 6.07 Å². The number of nitrogen functional groups attached to an aromatic ring is 1. The third-order valence-electron chi connectivity index (χ3n) is 2.24. The lowest BCUT2D eigenvalue weighted by Gasteiger charge is -2.12. The summed E-state index contributed by atoms with van der Waals surface area (Å²) in [5, 5.41) is 2.97. The van der Waals surface area contributed by atoms with E-state index in [9.17, 15) is 4.39 Å². The van der Waals surface area contributed by atoms with Crippen LogP contribution in [0.1, 0.15) is 0 Å². The monoisotopic (exact) mass is 358 g/mol. The molecule has 2 rings (SSSR count). The van der Waals surface area contributed by atoms with Crippen molar-refractivity contribution in [2.45, 2.75) is 0 Å². The average Bonchev–Trinajstić information content (AvgIpc) is 2.28. The quantitative estimate of drug-likeness (QED) is 0.764. The first-order chi connectivity index (χ1) is 8.08. The van der Waals surface area contributed by atoms with Crippen LogP contribution in [0.25, 0.3) is 0 Å². The largest absolute Gasteiger partial charge is 0.397 e. The van der Waals surface area contributed by atoms with Gasteiger partial charge < -0.3 is 11.1 Å². The zero-order valence-electron chi connectivity index (χ0n) is 8.68. The standard InChI is InChI=1S/C12H9Br2FN2/c13-7-4-5-10(16)11(6-7)17-12-8(14)2-1-3-9(12)15/h1-6,17H,16H2. The van der Waals surface area contributed by atoms with E-state index in [-0.39, 0.29) is 5.82 Å². The van der Waals surface area contributed by atoms with Crippen LogP contribution in [0.2, 0.25) is 0 Å². The van der Waals surface area contributed by atoms with E-state index < -0.39 is 0 Å². The van der Waals surface area contributed by atoms with Crippen LogP contribution in [0.3, 0.4) is 0 Å². The Morgan fingerprint density at radius 1 is 1.12 bits per heavy atom. The van der Waals surface area contributed by atoms with Crippen molar-refractivity contribution in [3.8, 4) is 0 Å². The smallest absolute Gasteiger partial charge is 0.147 e. The van der Waals surface area contributed by atoms with E-state index in [2.05, 4.69) is 37.2 Å². The summed E-state index contributed by atoms with van der Waals surface area (Å²) in [6, 6.07) is 10.2. The Morgan fingerprint density at radius 2 is 1.88 bits per heavy atom. The second-order valence-corrected chi connectivity index (χ2v) is 5.22. The maximum atomic E-state index is 13.6. The highest BCUT2D eigenvalue weighted by Crippen LogP contribution is 2.32. The third kappa shape index (κ3) is 2.79. The first-order valence-corrected chi connectivity index (χ1v) is 6.42. The van der Waals surface area contributed by atoms with E-state index in [0.717, 1.165) is 4.47 Å². The molecular weight excluding hydrogens is 351 g/mol. The van der Waals surface area contributed by atoms with Crippen molar-refractivity contribution in [3.63, 3.8) is 0 Å². The second kappa shape index (κ2) is 5.06. The van der Waals surface area contributed by atoms with Gasteiger partial charge in [0.05, 0.1) is 17.1 Å². The van der Waals surface area contributed by atoms with Gasteiger partial charge in [-0.2, -0.15) is 0 Å². The highest BCUT2D eigenvalue weighted by atomic mass is 79.9. The van der Waals surface area contributed by atoms with Crippen LogP contribution in [-0.2, 0) is 0 Å². The maximum Gasteiger partial charge on any atom is 0.147 e. The van der Waals surface area contributed by atoms with Gasteiger partial charge >= 0.3 is 0 Å². The summed E-state index contributed by atoms with van der Waals surface area (Å²) < 4.78 is 15.1. The van der Waals surface area contributed by atoms with Crippen molar-refractivity contribution < 1.29 is 4.39 Å². The van der Waals surface area contributed by atoms with E-state index in [1.165, 1.54) is 6.07 Å². The maximum absolute atomic E-state index is 13.6. The molecule has 0 bridgehead atoms. The van der Waals surface area contributed by atoms with Gasteiger partial charge in [0, 0.05) is 8.95 Å². The van der Waals surface area contributed by atoms with E-state index in [1.54, 1.807) is 24.3 Å². The molecule has 0 radical (unpaired) electrons. The number of hydrogen-bond donors (Lipinski definition) is 2. The summed E-state index contributed by atoms with van der Waals surface area (Å²) in [7, 11) is 0. The molecule has 0 aromatic heterocycles. The third-order valence-corrected chi connectivity index (χ3v) is 3.39. The molecular formula is C12H9Br2FN2. The molecule has 2 aromatic carbocycles. The molecule has 17 heavy (non-hydrogen) atoms. The molecule has 0 spiro atoms. The molecule has 0 saturated heterocycles. The van der Waals surface area contributed by atoms with E-state index >= 15 is 0 Å². The van der Waals surface area contributed by atoms with Gasteiger partial charge in [0.15, 0.2) is 0 Å². The topological polar surface area (TPSA) is 38.0 Å². The number of nitrogens with two attached hydrogens (primary N) is 1. The second-order valence-electron chi connectivity index (χ2n) is 3.45. The Morgan fingerprint density at radius 3 is 2.59 bits per heavy atom. The van der Waals surface area contributed by atoms with Gasteiger partial charge in [0.25, 0.3) is 0 Å². The van der Waals surface area contributed by atoms with Gasteiger partial charge in [-0.1, -0.05) is 22.0 Å². The number of halogens is 3. The van der Waals surface area contributed by atoms with Crippen molar-refractivity contribution in [2.75, 3.05) is 11.1 Å². The molecule has 0 heterocycles. The SMILES string of the molecule is Nc1ccc(Br)cc1Nc1c(F)cccc1Br. The molecule has 5 heteroatoms. The number of para-hydroxylation sites is 1. The molecule has 0 aliphatic rings. The molecule has 0 fully saturated rings.